The summed E-state index contributed by atoms with van der Waals surface area (Å²) in [4.78, 5) is 112. The van der Waals surface area contributed by atoms with E-state index in [1.54, 1.807) is 28.5 Å². The van der Waals surface area contributed by atoms with Crippen LogP contribution in [0, 0.1) is 23.7 Å². The van der Waals surface area contributed by atoms with E-state index < -0.39 is 12.1 Å². The minimum atomic E-state index is -0.613. The lowest BCUT2D eigenvalue weighted by molar-refractivity contribution is -0.159. The number of likely N-dealkylation sites (tertiary alicyclic amines) is 6. The molecule has 28 heteroatoms. The molecule has 22 nitrogen and oxygen atoms in total. The Labute approximate surface area is 754 Å². The molecule has 4 N–H and O–H groups in total. The number of benzene rings is 3. The van der Waals surface area contributed by atoms with Gasteiger partial charge in [-0.1, -0.05) is 53.0 Å². The maximum absolute atomic E-state index is 13.5. The van der Waals surface area contributed by atoms with Crippen LogP contribution in [0.2, 0.25) is 15.1 Å². The number of rotatable bonds is 12. The molecular weight excluding hydrogens is 1790 g/mol. The fraction of sp³-hybridized carbons (Fsp3) is 0.581. The Kier molecular flexibility index (Phi) is 29.6. The number of amides is 7. The van der Waals surface area contributed by atoms with Gasteiger partial charge < -0.3 is 40.7 Å². The normalized spacial score (nSPS) is 23.9. The molecule has 0 radical (unpaired) electrons. The van der Waals surface area contributed by atoms with Crippen LogP contribution in [0.3, 0.4) is 0 Å². The second-order valence-corrected chi connectivity index (χ2v) is 40.1. The monoisotopic (exact) mass is 1900 g/mol. The van der Waals surface area contributed by atoms with Crippen LogP contribution in [0.15, 0.2) is 105 Å². The molecule has 650 valence electrons. The van der Waals surface area contributed by atoms with Gasteiger partial charge in [-0.3, -0.25) is 53.8 Å². The van der Waals surface area contributed by atoms with Crippen LogP contribution in [0.5, 0.6) is 0 Å². The third-order valence-corrected chi connectivity index (χ3v) is 30.9. The van der Waals surface area contributed by atoms with Crippen molar-refractivity contribution in [3.8, 4) is 0 Å². The first-order valence-electron chi connectivity index (χ1n) is 44.4. The molecule has 8 fully saturated rings. The van der Waals surface area contributed by atoms with Crippen molar-refractivity contribution in [1.82, 2.24) is 64.0 Å². The van der Waals surface area contributed by atoms with Gasteiger partial charge in [0.25, 0.3) is 0 Å². The van der Waals surface area contributed by atoms with Gasteiger partial charge in [-0.2, -0.15) is 0 Å². The molecule has 11 heterocycles. The number of halogens is 6. The minimum Gasteiger partial charge on any atom is -0.464 e. The number of aromatic nitrogens is 3. The molecule has 8 saturated heterocycles. The fourth-order valence-electron chi connectivity index (χ4n) is 21.9. The van der Waals surface area contributed by atoms with Gasteiger partial charge in [-0.15, -0.1) is 0 Å². The predicted molar refractivity (Wildman–Crippen MR) is 484 cm³/mol. The van der Waals surface area contributed by atoms with Crippen LogP contribution in [0.25, 0.3) is 0 Å². The lowest BCUT2D eigenvalue weighted by atomic mass is 9.78. The smallest absolute Gasteiger partial charge is 0.330 e. The number of primary amides is 2. The van der Waals surface area contributed by atoms with E-state index in [1.807, 2.05) is 41.7 Å². The van der Waals surface area contributed by atoms with E-state index in [4.69, 9.17) is 66.0 Å². The molecule has 5 unspecified atom stereocenters. The number of esters is 1. The summed E-state index contributed by atoms with van der Waals surface area (Å²) in [7, 11) is 0. The SMILES string of the molecule is CC(=O)N1CCC(C2CCN(C3c4ccc(Cl)cc4CCc4cc(Br)cnc43)CC2)CC1.CC1CN(C2(C)CCN(C3c4ccc(Cl)cc4CCc4cc(Br)cnc43)CC2)CCN1C(=O)CC1CCN(C(N)=O)CC1.CCOC(=O)C1CN(C2CCN(C3c4ccc(Cl)cc4CCc4cc(Br)cnc43)CC2)CCN1C(=O)CC1CCN(C(N)=O)CC1. The van der Waals surface area contributed by atoms with Gasteiger partial charge in [0.1, 0.15) is 6.04 Å². The summed E-state index contributed by atoms with van der Waals surface area (Å²) in [6.45, 7) is 23.0. The second kappa shape index (κ2) is 40.1. The first kappa shape index (κ1) is 89.5. The van der Waals surface area contributed by atoms with Crippen molar-refractivity contribution >= 4 is 118 Å². The van der Waals surface area contributed by atoms with E-state index in [2.05, 4.69) is 146 Å². The molecule has 7 amide bonds. The number of ether oxygens (including phenoxy) is 1. The Morgan fingerprint density at radius 2 is 0.835 bits per heavy atom. The van der Waals surface area contributed by atoms with E-state index in [0.717, 1.165) is 227 Å². The van der Waals surface area contributed by atoms with Crippen molar-refractivity contribution in [2.75, 3.05) is 124 Å². The standard InChI is InChI=1S/C34H44BrClN6O4.C33H44BrClN6O2.C26H31BrClN3O/c1-2-46-33(44)29-21-41(15-16-42(29)30(43)17-22-7-11-40(12-8-22)34(37)45)27-9-13-39(14-10-27)32-28-6-5-26(36)19-23(28)3-4-24-18-25(35)20-38-31(24)32;1-22-21-40(15-16-41(22)29(42)17-23-7-11-39(12-8-23)32(36)43)33(2)9-13-38(14-10-33)31-28-6-5-27(35)19-24(28)3-4-25-18-26(34)20-37-30(25)31;1-17(32)30-10-6-18(7-11-30)19-8-12-31(13-9-19)26-24-5-4-23(28)15-20(24)2-3-21-14-22(27)16-29-25(21)26/h5-6,18-20,22,27,29,32H,2-4,7-17,21H2,1H3,(H2,37,45);5-6,18-20,22-23,31H,3-4,7-17,21H2,1-2H3,(H2,36,43);4-5,14-16,18-19,26H,2-3,6-13H2,1H3. The fourth-order valence-corrected chi connectivity index (χ4v) is 23.6. The van der Waals surface area contributed by atoms with Crippen molar-refractivity contribution in [3.63, 3.8) is 0 Å². The molecule has 0 saturated carbocycles. The summed E-state index contributed by atoms with van der Waals surface area (Å²) in [5.74, 6) is 2.19. The summed E-state index contributed by atoms with van der Waals surface area (Å²) in [6.07, 6.45) is 24.6. The molecule has 17 rings (SSSR count). The van der Waals surface area contributed by atoms with Crippen molar-refractivity contribution in [1.29, 1.82) is 0 Å². The summed E-state index contributed by atoms with van der Waals surface area (Å²) < 4.78 is 8.55. The molecule has 8 aliphatic heterocycles. The van der Waals surface area contributed by atoms with Crippen LogP contribution in [0.4, 0.5) is 9.59 Å². The highest BCUT2D eigenvalue weighted by molar-refractivity contribution is 9.11. The van der Waals surface area contributed by atoms with Crippen LogP contribution >= 0.6 is 82.6 Å². The first-order chi connectivity index (χ1) is 58.3. The third kappa shape index (κ3) is 21.0. The Hall–Kier alpha value is -6.36. The zero-order valence-electron chi connectivity index (χ0n) is 70.6. The van der Waals surface area contributed by atoms with Crippen molar-refractivity contribution in [3.05, 3.63) is 187 Å². The number of pyridine rings is 3. The van der Waals surface area contributed by atoms with E-state index in [0.29, 0.717) is 64.1 Å². The number of urea groups is 2. The summed E-state index contributed by atoms with van der Waals surface area (Å²) >= 11 is 30.1. The van der Waals surface area contributed by atoms with Crippen molar-refractivity contribution in [2.45, 2.75) is 198 Å². The number of nitrogens with zero attached hydrogens (tertiary/aromatic N) is 13. The average molecular weight is 1910 g/mol. The van der Waals surface area contributed by atoms with E-state index in [9.17, 15) is 28.8 Å². The second-order valence-electron chi connectivity index (χ2n) is 36.0. The largest absolute Gasteiger partial charge is 0.464 e. The third-order valence-electron chi connectivity index (χ3n) is 28.9. The Morgan fingerprint density at radius 1 is 0.455 bits per heavy atom. The topological polar surface area (TPSA) is 235 Å². The van der Waals surface area contributed by atoms with Gasteiger partial charge in [0.15, 0.2) is 0 Å². The highest BCUT2D eigenvalue weighted by atomic mass is 79.9. The minimum absolute atomic E-state index is 0.00465. The number of aryl methyl sites for hydroxylation is 6. The molecule has 5 atom stereocenters. The summed E-state index contributed by atoms with van der Waals surface area (Å²) in [6, 6.07) is 25.3. The number of piperazine rings is 2. The van der Waals surface area contributed by atoms with E-state index in [-0.39, 0.29) is 72.0 Å². The van der Waals surface area contributed by atoms with Gasteiger partial charge in [-0.25, -0.2) is 14.4 Å². The number of piperidine rings is 6. The molecular formula is C93H119Br3Cl3N15O7. The number of fused-ring (bicyclic) bond motifs is 6. The van der Waals surface area contributed by atoms with Gasteiger partial charge in [0.2, 0.25) is 17.7 Å². The van der Waals surface area contributed by atoms with Gasteiger partial charge in [-0.05, 0) is 326 Å². The number of hydrogen-bond donors (Lipinski definition) is 2. The van der Waals surface area contributed by atoms with Crippen LogP contribution in [-0.4, -0.2) is 248 Å². The molecule has 3 aromatic carbocycles. The Bertz CT molecular complexity index is 4550. The molecule has 121 heavy (non-hydrogen) atoms. The summed E-state index contributed by atoms with van der Waals surface area (Å²) in [5.41, 5.74) is 26.4. The lowest BCUT2D eigenvalue weighted by Crippen LogP contribution is -2.62. The van der Waals surface area contributed by atoms with Crippen LogP contribution in [-0.2, 0) is 62.4 Å². The maximum atomic E-state index is 13.5. The molecule has 0 bridgehead atoms. The average Bonchev–Trinajstić information content (AvgIpc) is 1.75. The zero-order chi connectivity index (χ0) is 84.9. The van der Waals surface area contributed by atoms with Crippen molar-refractivity contribution < 1.29 is 33.5 Å². The predicted octanol–water partition coefficient (Wildman–Crippen LogP) is 15.3. The Morgan fingerprint density at radius 3 is 1.24 bits per heavy atom. The number of carbonyl (C=O) groups is 6. The molecule has 0 spiro atoms. The highest BCUT2D eigenvalue weighted by Crippen LogP contribution is 2.46. The number of hydrogen-bond acceptors (Lipinski definition) is 15. The maximum Gasteiger partial charge on any atom is 0.330 e. The number of carbonyl (C=O) groups excluding carboxylic acids is 6. The molecule has 3 aliphatic carbocycles. The lowest BCUT2D eigenvalue weighted by Gasteiger charge is -2.52. The molecule has 3 aromatic heterocycles. The number of nitrogens with two attached hydrogens (primary N) is 2. The van der Waals surface area contributed by atoms with Gasteiger partial charge in [0, 0.05) is 189 Å². The molecule has 6 aromatic rings. The zero-order valence-corrected chi connectivity index (χ0v) is 77.6. The van der Waals surface area contributed by atoms with E-state index >= 15 is 0 Å². The molecule has 11 aliphatic rings. The van der Waals surface area contributed by atoms with Crippen LogP contribution in [0.1, 0.15) is 203 Å². The van der Waals surface area contributed by atoms with Gasteiger partial charge >= 0.3 is 18.0 Å². The van der Waals surface area contributed by atoms with Gasteiger partial charge in [0.05, 0.1) is 41.8 Å². The summed E-state index contributed by atoms with van der Waals surface area (Å²) in [5, 5.41) is 2.38. The van der Waals surface area contributed by atoms with Crippen LogP contribution < -0.4 is 11.5 Å². The quantitative estimate of drug-likeness (QED) is 0.108. The van der Waals surface area contributed by atoms with Crippen molar-refractivity contribution in [2.24, 2.45) is 35.1 Å². The first-order valence-corrected chi connectivity index (χ1v) is 47.9. The highest BCUT2D eigenvalue weighted by Gasteiger charge is 2.46. The van der Waals surface area contributed by atoms with E-state index in [1.165, 1.54) is 74.3 Å². The Balaban J connectivity index is 0.000000143.